The third kappa shape index (κ3) is 18.6. The molecule has 0 atom stereocenters. The summed E-state index contributed by atoms with van der Waals surface area (Å²) in [5, 5.41) is 9.54. The van der Waals surface area contributed by atoms with Gasteiger partial charge in [0.2, 0.25) is 0 Å². The van der Waals surface area contributed by atoms with Gasteiger partial charge in [0.15, 0.2) is 47.3 Å². The number of benzene rings is 4. The summed E-state index contributed by atoms with van der Waals surface area (Å²) in [6.45, 7) is 0.0704. The number of hydrogen-bond acceptors (Lipinski definition) is 7. The minimum absolute atomic E-state index is 0.0118. The monoisotopic (exact) mass is 1050 g/mol. The minimum atomic E-state index is -4.77. The first-order chi connectivity index (χ1) is 34.1. The van der Waals surface area contributed by atoms with Crippen molar-refractivity contribution in [1.82, 2.24) is 0 Å². The van der Waals surface area contributed by atoms with Gasteiger partial charge in [-0.25, -0.2) is 35.1 Å². The van der Waals surface area contributed by atoms with E-state index in [1.165, 1.54) is 0 Å². The molecule has 0 saturated heterocycles. The van der Waals surface area contributed by atoms with Crippen molar-refractivity contribution in [2.45, 2.75) is 109 Å². The van der Waals surface area contributed by atoms with Gasteiger partial charge < -0.3 is 33.5 Å². The van der Waals surface area contributed by atoms with Gasteiger partial charge in [-0.1, -0.05) is 77.0 Å². The van der Waals surface area contributed by atoms with Gasteiger partial charge >= 0.3 is 24.4 Å². The summed E-state index contributed by atoms with van der Waals surface area (Å²) in [7, 11) is 0. The van der Waals surface area contributed by atoms with Gasteiger partial charge in [0.05, 0.1) is 13.2 Å². The summed E-state index contributed by atoms with van der Waals surface area (Å²) >= 11 is 0. The number of aliphatic hydroxyl groups is 1. The van der Waals surface area contributed by atoms with Crippen LogP contribution in [0.15, 0.2) is 73.2 Å². The van der Waals surface area contributed by atoms with Crippen molar-refractivity contribution >= 4 is 0 Å². The second kappa shape index (κ2) is 28.3. The molecule has 0 aromatic heterocycles. The van der Waals surface area contributed by atoms with Crippen LogP contribution in [0.4, 0.5) is 70.2 Å². The van der Waals surface area contributed by atoms with Crippen molar-refractivity contribution in [2.24, 2.45) is 5.92 Å². The smallest absolute Gasteiger partial charge is 0.432 e. The van der Waals surface area contributed by atoms with Gasteiger partial charge in [0.25, 0.3) is 0 Å². The molecule has 0 amide bonds. The molecule has 0 bridgehead atoms. The van der Waals surface area contributed by atoms with Crippen LogP contribution in [0.3, 0.4) is 0 Å². The second-order valence-corrected chi connectivity index (χ2v) is 16.1. The average Bonchev–Trinajstić information content (AvgIpc) is 3.26. The highest BCUT2D eigenvalue weighted by Crippen LogP contribution is 2.40. The second-order valence-electron chi connectivity index (χ2n) is 16.1. The standard InChI is InChI=1S/C49H48F16O7/c50-34-19-30(20-35(51)44(34)48(62,63)71-32-23-38(54)46(39(55)24-32)69-27-42(58)59)67-17-11-7-3-1-5-9-13-29(15-16-66)14-10-6-2-4-8-12-18-68-31-21-36(52)45(37(53)22-31)49(64,65)72-33-25-40(56)47(41(57)26-33)70-28-43(60)61/h19-29,66H,1-18H2. The van der Waals surface area contributed by atoms with Crippen molar-refractivity contribution in [3.8, 4) is 34.5 Å². The number of hydrogen-bond donors (Lipinski definition) is 1. The van der Waals surface area contributed by atoms with Crippen molar-refractivity contribution in [2.75, 3.05) is 19.8 Å². The van der Waals surface area contributed by atoms with Crippen LogP contribution in [0.1, 0.15) is 107 Å². The molecule has 0 heterocycles. The number of unbranched alkanes of at least 4 members (excludes halogenated alkanes) is 10. The molecule has 0 saturated carbocycles. The molecule has 7 nitrogen and oxygen atoms in total. The molecule has 4 aromatic carbocycles. The van der Waals surface area contributed by atoms with Crippen molar-refractivity contribution in [1.29, 1.82) is 0 Å². The fraction of sp³-hybridized carbons (Fsp3) is 0.429. The fourth-order valence-electron chi connectivity index (χ4n) is 7.32. The molecule has 4 rings (SSSR count). The SMILES string of the molecule is OCCC(CCCCCCCCOc1cc(F)c(C(F)(F)Oc2cc(F)c(OC=C(F)F)c(F)c2)c(F)c1)CCCCCCCCOc1cc(F)c(C(F)(F)Oc2cc(F)c(OC=C(F)F)c(F)c2)c(F)c1. The van der Waals surface area contributed by atoms with E-state index >= 15 is 0 Å². The lowest BCUT2D eigenvalue weighted by molar-refractivity contribution is -0.190. The third-order valence-electron chi connectivity index (χ3n) is 10.7. The van der Waals surface area contributed by atoms with Crippen LogP contribution >= 0.6 is 0 Å². The first-order valence-corrected chi connectivity index (χ1v) is 22.4. The Balaban J connectivity index is 1.06. The highest BCUT2D eigenvalue weighted by Gasteiger charge is 2.43. The number of aliphatic hydroxyl groups excluding tert-OH is 1. The molecular formula is C49H48F16O7. The van der Waals surface area contributed by atoms with Gasteiger partial charge in [0.1, 0.15) is 57.4 Å². The molecule has 4 aromatic rings. The number of rotatable bonds is 32. The van der Waals surface area contributed by atoms with Gasteiger partial charge in [-0.2, -0.15) is 35.1 Å². The molecule has 398 valence electrons. The highest BCUT2D eigenvalue weighted by atomic mass is 19.3. The zero-order valence-electron chi connectivity index (χ0n) is 38.0. The summed E-state index contributed by atoms with van der Waals surface area (Å²) < 4.78 is 250. The summed E-state index contributed by atoms with van der Waals surface area (Å²) in [5.74, 6) is -19.6. The molecular weight excluding hydrogens is 1000 g/mol. The van der Waals surface area contributed by atoms with Crippen molar-refractivity contribution in [3.05, 3.63) is 131 Å². The van der Waals surface area contributed by atoms with Gasteiger partial charge in [-0.05, 0) is 25.2 Å². The molecule has 0 aliphatic heterocycles. The highest BCUT2D eigenvalue weighted by molar-refractivity contribution is 5.39. The van der Waals surface area contributed by atoms with E-state index in [1.54, 1.807) is 0 Å². The van der Waals surface area contributed by atoms with E-state index < -0.39 is 117 Å². The van der Waals surface area contributed by atoms with Crippen molar-refractivity contribution in [3.63, 3.8) is 0 Å². The van der Waals surface area contributed by atoms with E-state index in [0.29, 0.717) is 62.3 Å². The maximum Gasteiger partial charge on any atom is 0.432 e. The zero-order valence-corrected chi connectivity index (χ0v) is 38.0. The summed E-state index contributed by atoms with van der Waals surface area (Å²) in [6.07, 6.45) is -3.11. The molecule has 0 aliphatic rings. The van der Waals surface area contributed by atoms with Crippen LogP contribution in [0.25, 0.3) is 0 Å². The van der Waals surface area contributed by atoms with Gasteiger partial charge in [-0.15, -0.1) is 0 Å². The Labute approximate surface area is 402 Å². The predicted molar refractivity (Wildman–Crippen MR) is 227 cm³/mol. The normalized spacial score (nSPS) is 11.7. The molecule has 0 spiro atoms. The molecule has 0 aliphatic carbocycles. The lowest BCUT2D eigenvalue weighted by Crippen LogP contribution is -2.25. The molecule has 1 N–H and O–H groups in total. The molecule has 23 heteroatoms. The van der Waals surface area contributed by atoms with Crippen molar-refractivity contribution < 1.29 is 104 Å². The number of halogens is 16. The average molecular weight is 1050 g/mol. The Morgan fingerprint density at radius 2 is 0.708 bits per heavy atom. The van der Waals surface area contributed by atoms with E-state index in [-0.39, 0.29) is 56.6 Å². The topological polar surface area (TPSA) is 75.6 Å². The quantitative estimate of drug-likeness (QED) is 0.0297. The molecule has 0 unspecified atom stereocenters. The van der Waals surface area contributed by atoms with Crippen LogP contribution in [-0.4, -0.2) is 24.9 Å². The van der Waals surface area contributed by atoms with E-state index in [9.17, 15) is 75.4 Å². The number of ether oxygens (including phenoxy) is 6. The Bertz CT molecular complexity index is 2170. The van der Waals surface area contributed by atoms with E-state index in [0.717, 1.165) is 64.2 Å². The first kappa shape index (κ1) is 58.6. The number of alkyl halides is 4. The van der Waals surface area contributed by atoms with Crippen LogP contribution in [0.5, 0.6) is 34.5 Å². The lowest BCUT2D eigenvalue weighted by atomic mass is 9.92. The maximum atomic E-state index is 14.8. The van der Waals surface area contributed by atoms with E-state index in [2.05, 4.69) is 18.9 Å². The van der Waals surface area contributed by atoms with Gasteiger partial charge in [-0.3, -0.25) is 0 Å². The van der Waals surface area contributed by atoms with Crippen LogP contribution < -0.4 is 28.4 Å². The Morgan fingerprint density at radius 3 is 1.01 bits per heavy atom. The molecule has 0 radical (unpaired) electrons. The zero-order chi connectivity index (χ0) is 53.0. The minimum Gasteiger partial charge on any atom is -0.493 e. The Kier molecular flexibility index (Phi) is 23.0. The summed E-state index contributed by atoms with van der Waals surface area (Å²) in [6, 6.07) is 2.59. The van der Waals surface area contributed by atoms with E-state index in [4.69, 9.17) is 9.47 Å². The van der Waals surface area contributed by atoms with Crippen LogP contribution in [0.2, 0.25) is 0 Å². The van der Waals surface area contributed by atoms with E-state index in [1.807, 2.05) is 0 Å². The summed E-state index contributed by atoms with van der Waals surface area (Å²) in [4.78, 5) is 0. The summed E-state index contributed by atoms with van der Waals surface area (Å²) in [5.41, 5.74) is -3.74. The third-order valence-corrected chi connectivity index (χ3v) is 10.7. The van der Waals surface area contributed by atoms with Crippen LogP contribution in [0, 0.1) is 52.5 Å². The fourth-order valence-corrected chi connectivity index (χ4v) is 7.32. The maximum absolute atomic E-state index is 14.8. The largest absolute Gasteiger partial charge is 0.493 e. The predicted octanol–water partition coefficient (Wildman–Crippen LogP) is 16.2. The lowest BCUT2D eigenvalue weighted by Gasteiger charge is -2.20. The Hall–Kier alpha value is -6.00. The van der Waals surface area contributed by atoms with Gasteiger partial charge in [0, 0.05) is 55.1 Å². The van der Waals surface area contributed by atoms with Crippen LogP contribution in [-0.2, 0) is 12.2 Å². The molecule has 0 fully saturated rings. The molecule has 72 heavy (non-hydrogen) atoms. The Morgan fingerprint density at radius 1 is 0.417 bits per heavy atom. The first-order valence-electron chi connectivity index (χ1n) is 22.4.